The lowest BCUT2D eigenvalue weighted by molar-refractivity contribution is 0.0655. The Hall–Kier alpha value is -3.13. The van der Waals surface area contributed by atoms with Crippen LogP contribution in [0.15, 0.2) is 36.7 Å². The highest BCUT2D eigenvalue weighted by atomic mass is 16.5. The van der Waals surface area contributed by atoms with Crippen molar-refractivity contribution in [1.82, 2.24) is 25.0 Å². The first kappa shape index (κ1) is 19.2. The summed E-state index contributed by atoms with van der Waals surface area (Å²) in [6.07, 6.45) is 3.39. The van der Waals surface area contributed by atoms with E-state index in [2.05, 4.69) is 22.3 Å². The van der Waals surface area contributed by atoms with Gasteiger partial charge in [0, 0.05) is 48.9 Å². The quantitative estimate of drug-likeness (QED) is 0.711. The molecule has 1 atom stereocenters. The van der Waals surface area contributed by atoms with Crippen LogP contribution in [0.3, 0.4) is 0 Å². The number of carbonyl (C=O) groups excluding carboxylic acids is 1. The molecule has 0 aliphatic carbocycles. The molecule has 152 valence electrons. The number of amides is 1. The highest BCUT2D eigenvalue weighted by Gasteiger charge is 2.24. The number of hydrogen-bond donors (Lipinski definition) is 1. The van der Waals surface area contributed by atoms with Gasteiger partial charge in [0.15, 0.2) is 5.65 Å². The standard InChI is InChI=1S/C21H25N5O3/c1-14-10-22-6-7-25(14)21(27)17-8-16-12-24-26(20(16)23-11-17)13-15-4-5-18(28-2)9-19(15)29-3/h4-5,8-9,11-12,14,22H,6-7,10,13H2,1-3H3/t14-/m1/s1. The van der Waals surface area contributed by atoms with E-state index in [0.29, 0.717) is 18.7 Å². The van der Waals surface area contributed by atoms with Crippen LogP contribution in [0.1, 0.15) is 22.8 Å². The van der Waals surface area contributed by atoms with Gasteiger partial charge in [-0.25, -0.2) is 9.67 Å². The van der Waals surface area contributed by atoms with Crippen LogP contribution >= 0.6 is 0 Å². The molecular weight excluding hydrogens is 370 g/mol. The molecule has 1 N–H and O–H groups in total. The Kier molecular flexibility index (Phi) is 5.35. The van der Waals surface area contributed by atoms with E-state index in [1.165, 1.54) is 0 Å². The molecule has 0 spiro atoms. The summed E-state index contributed by atoms with van der Waals surface area (Å²) >= 11 is 0. The van der Waals surface area contributed by atoms with Crippen LogP contribution in [0, 0.1) is 0 Å². The number of carbonyl (C=O) groups is 1. The molecule has 0 saturated carbocycles. The third-order valence-electron chi connectivity index (χ3n) is 5.30. The smallest absolute Gasteiger partial charge is 0.255 e. The Labute approximate surface area is 169 Å². The minimum atomic E-state index is 0.0120. The third-order valence-corrected chi connectivity index (χ3v) is 5.30. The summed E-state index contributed by atoms with van der Waals surface area (Å²) in [6.45, 7) is 4.88. The number of nitrogens with one attached hydrogen (secondary N) is 1. The molecule has 3 aromatic rings. The average Bonchev–Trinajstić information content (AvgIpc) is 3.16. The van der Waals surface area contributed by atoms with Crippen molar-refractivity contribution in [2.45, 2.75) is 19.5 Å². The largest absolute Gasteiger partial charge is 0.497 e. The van der Waals surface area contributed by atoms with E-state index in [9.17, 15) is 4.79 Å². The fraction of sp³-hybridized carbons (Fsp3) is 0.381. The lowest BCUT2D eigenvalue weighted by Gasteiger charge is -2.33. The van der Waals surface area contributed by atoms with Crippen molar-refractivity contribution < 1.29 is 14.3 Å². The van der Waals surface area contributed by atoms with E-state index < -0.39 is 0 Å². The molecule has 0 bridgehead atoms. The van der Waals surface area contributed by atoms with Crippen molar-refractivity contribution in [3.05, 3.63) is 47.8 Å². The lowest BCUT2D eigenvalue weighted by atomic mass is 10.1. The predicted octanol–water partition coefficient (Wildman–Crippen LogP) is 1.93. The van der Waals surface area contributed by atoms with Crippen LogP contribution < -0.4 is 14.8 Å². The molecule has 29 heavy (non-hydrogen) atoms. The number of piperazine rings is 1. The molecule has 1 aromatic carbocycles. The van der Waals surface area contributed by atoms with Crippen molar-refractivity contribution >= 4 is 16.9 Å². The van der Waals surface area contributed by atoms with E-state index >= 15 is 0 Å². The van der Waals surface area contributed by atoms with Crippen molar-refractivity contribution in [1.29, 1.82) is 0 Å². The molecule has 1 aliphatic rings. The van der Waals surface area contributed by atoms with Crippen molar-refractivity contribution in [2.24, 2.45) is 0 Å². The third kappa shape index (κ3) is 3.75. The van der Waals surface area contributed by atoms with Gasteiger partial charge < -0.3 is 19.7 Å². The summed E-state index contributed by atoms with van der Waals surface area (Å²) in [5, 5.41) is 8.61. The Morgan fingerprint density at radius 1 is 1.24 bits per heavy atom. The van der Waals surface area contributed by atoms with E-state index in [0.717, 1.165) is 41.2 Å². The SMILES string of the molecule is COc1ccc(Cn2ncc3cc(C(=O)N4CCNC[C@H]4C)cnc32)c(OC)c1. The normalized spacial score (nSPS) is 16.8. The van der Waals surface area contributed by atoms with Gasteiger partial charge in [-0.15, -0.1) is 0 Å². The number of rotatable bonds is 5. The average molecular weight is 395 g/mol. The summed E-state index contributed by atoms with van der Waals surface area (Å²) < 4.78 is 12.5. The maximum absolute atomic E-state index is 12.9. The number of methoxy groups -OCH3 is 2. The molecule has 8 nitrogen and oxygen atoms in total. The van der Waals surface area contributed by atoms with Crippen LogP contribution in [0.5, 0.6) is 11.5 Å². The first-order chi connectivity index (χ1) is 14.1. The zero-order chi connectivity index (χ0) is 20.4. The number of ether oxygens (including phenoxy) is 2. The predicted molar refractivity (Wildman–Crippen MR) is 110 cm³/mol. The van der Waals surface area contributed by atoms with Gasteiger partial charge in [-0.1, -0.05) is 0 Å². The molecule has 1 aliphatic heterocycles. The molecule has 8 heteroatoms. The van der Waals surface area contributed by atoms with Crippen LogP contribution in [-0.2, 0) is 6.54 Å². The summed E-state index contributed by atoms with van der Waals surface area (Å²) in [7, 11) is 3.26. The number of fused-ring (bicyclic) bond motifs is 1. The maximum atomic E-state index is 12.9. The minimum Gasteiger partial charge on any atom is -0.497 e. The topological polar surface area (TPSA) is 81.5 Å². The summed E-state index contributed by atoms with van der Waals surface area (Å²) in [5.41, 5.74) is 2.29. The first-order valence-corrected chi connectivity index (χ1v) is 9.65. The van der Waals surface area contributed by atoms with Crippen molar-refractivity contribution in [2.75, 3.05) is 33.9 Å². The molecule has 0 unspecified atom stereocenters. The molecule has 2 aromatic heterocycles. The van der Waals surface area contributed by atoms with Gasteiger partial charge in [-0.2, -0.15) is 5.10 Å². The summed E-state index contributed by atoms with van der Waals surface area (Å²) in [5.74, 6) is 1.48. The van der Waals surface area contributed by atoms with Gasteiger partial charge in [-0.05, 0) is 25.1 Å². The van der Waals surface area contributed by atoms with E-state index in [-0.39, 0.29) is 11.9 Å². The van der Waals surface area contributed by atoms with E-state index in [1.54, 1.807) is 31.3 Å². The molecular formula is C21H25N5O3. The Bertz CT molecular complexity index is 1030. The van der Waals surface area contributed by atoms with Gasteiger partial charge in [0.25, 0.3) is 5.91 Å². The van der Waals surface area contributed by atoms with Crippen LogP contribution in [-0.4, -0.2) is 65.5 Å². The second-order valence-corrected chi connectivity index (χ2v) is 7.17. The number of aromatic nitrogens is 3. The maximum Gasteiger partial charge on any atom is 0.255 e. The first-order valence-electron chi connectivity index (χ1n) is 9.65. The zero-order valence-electron chi connectivity index (χ0n) is 16.9. The molecule has 1 amide bonds. The second-order valence-electron chi connectivity index (χ2n) is 7.17. The van der Waals surface area contributed by atoms with Crippen LogP contribution in [0.2, 0.25) is 0 Å². The molecule has 1 saturated heterocycles. The number of nitrogens with zero attached hydrogens (tertiary/aromatic N) is 4. The van der Waals surface area contributed by atoms with E-state index in [1.807, 2.05) is 29.2 Å². The van der Waals surface area contributed by atoms with Crippen LogP contribution in [0.25, 0.3) is 11.0 Å². The van der Waals surface area contributed by atoms with Gasteiger partial charge >= 0.3 is 0 Å². The highest BCUT2D eigenvalue weighted by Crippen LogP contribution is 2.26. The summed E-state index contributed by atoms with van der Waals surface area (Å²) in [4.78, 5) is 19.3. The van der Waals surface area contributed by atoms with Gasteiger partial charge in [-0.3, -0.25) is 4.79 Å². The van der Waals surface area contributed by atoms with Crippen LogP contribution in [0.4, 0.5) is 0 Å². The zero-order valence-corrected chi connectivity index (χ0v) is 16.9. The Morgan fingerprint density at radius 2 is 2.10 bits per heavy atom. The Balaban J connectivity index is 1.60. The Morgan fingerprint density at radius 3 is 2.86 bits per heavy atom. The van der Waals surface area contributed by atoms with E-state index in [4.69, 9.17) is 9.47 Å². The number of pyridine rings is 1. The highest BCUT2D eigenvalue weighted by molar-refractivity contribution is 5.97. The monoisotopic (exact) mass is 395 g/mol. The fourth-order valence-corrected chi connectivity index (χ4v) is 3.66. The fourth-order valence-electron chi connectivity index (χ4n) is 3.66. The minimum absolute atomic E-state index is 0.0120. The molecule has 3 heterocycles. The number of hydrogen-bond acceptors (Lipinski definition) is 6. The van der Waals surface area contributed by atoms with Gasteiger partial charge in [0.05, 0.1) is 32.5 Å². The number of benzene rings is 1. The van der Waals surface area contributed by atoms with Gasteiger partial charge in [0.2, 0.25) is 0 Å². The molecule has 0 radical (unpaired) electrons. The molecule has 4 rings (SSSR count). The molecule has 1 fully saturated rings. The second kappa shape index (κ2) is 8.08. The van der Waals surface area contributed by atoms with Crippen molar-refractivity contribution in [3.63, 3.8) is 0 Å². The van der Waals surface area contributed by atoms with Gasteiger partial charge in [0.1, 0.15) is 11.5 Å². The lowest BCUT2D eigenvalue weighted by Crippen LogP contribution is -2.52. The van der Waals surface area contributed by atoms with Crippen molar-refractivity contribution in [3.8, 4) is 11.5 Å². The summed E-state index contributed by atoms with van der Waals surface area (Å²) in [6, 6.07) is 7.72.